The van der Waals surface area contributed by atoms with E-state index in [1.165, 1.54) is 0 Å². The van der Waals surface area contributed by atoms with Gasteiger partial charge in [-0.1, -0.05) is 30.0 Å². The molecule has 0 aliphatic heterocycles. The minimum absolute atomic E-state index is 0.00327. The minimum Gasteiger partial charge on any atom is -0.483 e. The molecule has 0 aliphatic rings. The number of ether oxygens (including phenoxy) is 1. The Morgan fingerprint density at radius 3 is 2.77 bits per heavy atom. The predicted molar refractivity (Wildman–Crippen MR) is 101 cm³/mol. The Kier molecular flexibility index (Phi) is 7.40. The first kappa shape index (κ1) is 20.2. The third-order valence-electron chi connectivity index (χ3n) is 3.25. The summed E-state index contributed by atoms with van der Waals surface area (Å²) in [6.45, 7) is 7.29. The Hall–Kier alpha value is -2.13. The molecule has 0 spiro atoms. The van der Waals surface area contributed by atoms with Gasteiger partial charge < -0.3 is 15.4 Å². The second kappa shape index (κ2) is 9.54. The topological polar surface area (TPSA) is 94.0 Å². The SMILES string of the molecule is Cn1nnnc1SCCNCc1ccccc1OCC(=O)NC(C)(C)C. The summed E-state index contributed by atoms with van der Waals surface area (Å²) in [6, 6.07) is 7.72. The van der Waals surface area contributed by atoms with E-state index in [-0.39, 0.29) is 18.1 Å². The third kappa shape index (κ3) is 7.01. The summed E-state index contributed by atoms with van der Waals surface area (Å²) in [5.41, 5.74) is 0.749. The van der Waals surface area contributed by atoms with E-state index in [1.807, 2.05) is 52.1 Å². The number of amides is 1. The molecule has 0 atom stereocenters. The number of para-hydroxylation sites is 1. The molecule has 0 fully saturated rings. The number of carbonyl (C=O) groups is 1. The van der Waals surface area contributed by atoms with E-state index in [9.17, 15) is 4.79 Å². The lowest BCUT2D eigenvalue weighted by Crippen LogP contribution is -2.43. The van der Waals surface area contributed by atoms with Crippen LogP contribution < -0.4 is 15.4 Å². The quantitative estimate of drug-likeness (QED) is 0.503. The summed E-state index contributed by atoms with van der Waals surface area (Å²) in [4.78, 5) is 11.9. The second-order valence-corrected chi connectivity index (χ2v) is 7.87. The van der Waals surface area contributed by atoms with Gasteiger partial charge in [0.1, 0.15) is 5.75 Å². The number of tetrazole rings is 1. The number of thioether (sulfide) groups is 1. The van der Waals surface area contributed by atoms with Gasteiger partial charge in [-0.05, 0) is 37.3 Å². The van der Waals surface area contributed by atoms with Crippen molar-refractivity contribution in [2.45, 2.75) is 38.0 Å². The van der Waals surface area contributed by atoms with Gasteiger partial charge in [-0.15, -0.1) is 5.10 Å². The third-order valence-corrected chi connectivity index (χ3v) is 4.26. The molecule has 1 aromatic heterocycles. The lowest BCUT2D eigenvalue weighted by Gasteiger charge is -2.20. The van der Waals surface area contributed by atoms with Gasteiger partial charge in [0.05, 0.1) is 0 Å². The zero-order chi connectivity index (χ0) is 19.0. The van der Waals surface area contributed by atoms with Crippen molar-refractivity contribution in [1.29, 1.82) is 0 Å². The van der Waals surface area contributed by atoms with E-state index in [4.69, 9.17) is 4.74 Å². The Morgan fingerprint density at radius 2 is 2.08 bits per heavy atom. The smallest absolute Gasteiger partial charge is 0.258 e. The standard InChI is InChI=1S/C17H26N6O2S/c1-17(2,3)19-15(24)12-25-14-8-6-5-7-13(14)11-18-9-10-26-16-20-21-22-23(16)4/h5-8,18H,9-12H2,1-4H3,(H,19,24). The molecule has 0 aliphatic carbocycles. The molecule has 2 rings (SSSR count). The number of rotatable bonds is 9. The lowest BCUT2D eigenvalue weighted by atomic mass is 10.1. The van der Waals surface area contributed by atoms with Crippen LogP contribution in [0, 0.1) is 0 Å². The Labute approximate surface area is 158 Å². The Balaban J connectivity index is 1.75. The maximum absolute atomic E-state index is 11.9. The maximum atomic E-state index is 11.9. The van der Waals surface area contributed by atoms with Crippen molar-refractivity contribution in [1.82, 2.24) is 30.8 Å². The highest BCUT2D eigenvalue weighted by Gasteiger charge is 2.14. The molecule has 0 radical (unpaired) electrons. The van der Waals surface area contributed by atoms with Crippen molar-refractivity contribution in [3.05, 3.63) is 29.8 Å². The molecule has 1 aromatic carbocycles. The zero-order valence-electron chi connectivity index (χ0n) is 15.7. The minimum atomic E-state index is -0.266. The van der Waals surface area contributed by atoms with Gasteiger partial charge in [0.2, 0.25) is 5.16 Å². The van der Waals surface area contributed by atoms with Gasteiger partial charge in [-0.3, -0.25) is 4.79 Å². The maximum Gasteiger partial charge on any atom is 0.258 e. The van der Waals surface area contributed by atoms with Gasteiger partial charge >= 0.3 is 0 Å². The van der Waals surface area contributed by atoms with Gasteiger partial charge in [0, 0.05) is 37.0 Å². The molecule has 1 amide bonds. The molecule has 1 heterocycles. The van der Waals surface area contributed by atoms with Crippen LogP contribution in [-0.2, 0) is 18.4 Å². The molecule has 26 heavy (non-hydrogen) atoms. The molecule has 142 valence electrons. The van der Waals surface area contributed by atoms with Crippen molar-refractivity contribution in [2.24, 2.45) is 7.05 Å². The van der Waals surface area contributed by atoms with E-state index >= 15 is 0 Å². The van der Waals surface area contributed by atoms with E-state index < -0.39 is 0 Å². The first-order valence-electron chi connectivity index (χ1n) is 8.43. The number of carbonyl (C=O) groups excluding carboxylic acids is 1. The Bertz CT molecular complexity index is 713. The van der Waals surface area contributed by atoms with Gasteiger partial charge in [-0.2, -0.15) is 0 Å². The second-order valence-electron chi connectivity index (χ2n) is 6.80. The van der Waals surface area contributed by atoms with E-state index in [1.54, 1.807) is 16.4 Å². The number of nitrogens with zero attached hydrogens (tertiary/aromatic N) is 4. The Morgan fingerprint density at radius 1 is 1.31 bits per heavy atom. The molecule has 0 saturated carbocycles. The number of aromatic nitrogens is 4. The average molecular weight is 379 g/mol. The fourth-order valence-electron chi connectivity index (χ4n) is 2.17. The summed E-state index contributed by atoms with van der Waals surface area (Å²) in [7, 11) is 1.82. The fraction of sp³-hybridized carbons (Fsp3) is 0.529. The molecular formula is C17H26N6O2S. The van der Waals surface area contributed by atoms with E-state index in [2.05, 4.69) is 26.2 Å². The molecule has 0 saturated heterocycles. The van der Waals surface area contributed by atoms with Crippen LogP contribution in [0.5, 0.6) is 5.75 Å². The van der Waals surface area contributed by atoms with E-state index in [0.29, 0.717) is 12.3 Å². The van der Waals surface area contributed by atoms with Crippen molar-refractivity contribution < 1.29 is 9.53 Å². The lowest BCUT2D eigenvalue weighted by molar-refractivity contribution is -0.124. The highest BCUT2D eigenvalue weighted by Crippen LogP contribution is 2.18. The number of nitrogens with one attached hydrogen (secondary N) is 2. The van der Waals surface area contributed by atoms with Crippen LogP contribution >= 0.6 is 11.8 Å². The van der Waals surface area contributed by atoms with Crippen LogP contribution in [0.4, 0.5) is 0 Å². The van der Waals surface area contributed by atoms with Gasteiger partial charge in [0.25, 0.3) is 5.91 Å². The normalized spacial score (nSPS) is 11.4. The van der Waals surface area contributed by atoms with Crippen molar-refractivity contribution in [2.75, 3.05) is 18.9 Å². The fourth-order valence-corrected chi connectivity index (χ4v) is 2.92. The molecule has 2 N–H and O–H groups in total. The summed E-state index contributed by atoms with van der Waals surface area (Å²) in [6.07, 6.45) is 0. The highest BCUT2D eigenvalue weighted by atomic mass is 32.2. The number of hydrogen-bond donors (Lipinski definition) is 2. The average Bonchev–Trinajstić information content (AvgIpc) is 2.97. The van der Waals surface area contributed by atoms with Crippen LogP contribution in [0.3, 0.4) is 0 Å². The van der Waals surface area contributed by atoms with Crippen LogP contribution in [0.1, 0.15) is 26.3 Å². The predicted octanol–water partition coefficient (Wildman–Crippen LogP) is 1.39. The summed E-state index contributed by atoms with van der Waals surface area (Å²) >= 11 is 1.59. The number of aryl methyl sites for hydroxylation is 1. The van der Waals surface area contributed by atoms with Crippen LogP contribution in [0.15, 0.2) is 29.4 Å². The first-order chi connectivity index (χ1) is 12.3. The van der Waals surface area contributed by atoms with Crippen molar-refractivity contribution in [3.63, 3.8) is 0 Å². The molecule has 0 bridgehead atoms. The number of benzene rings is 1. The van der Waals surface area contributed by atoms with E-state index in [0.717, 1.165) is 23.0 Å². The number of hydrogen-bond acceptors (Lipinski definition) is 7. The van der Waals surface area contributed by atoms with Crippen molar-refractivity contribution >= 4 is 17.7 Å². The summed E-state index contributed by atoms with van der Waals surface area (Å²) in [5.74, 6) is 1.44. The summed E-state index contributed by atoms with van der Waals surface area (Å²) < 4.78 is 7.34. The highest BCUT2D eigenvalue weighted by molar-refractivity contribution is 7.99. The molecule has 8 nitrogen and oxygen atoms in total. The molecule has 0 unspecified atom stereocenters. The zero-order valence-corrected chi connectivity index (χ0v) is 16.5. The summed E-state index contributed by atoms with van der Waals surface area (Å²) in [5, 5.41) is 18.4. The van der Waals surface area contributed by atoms with Crippen LogP contribution in [0.25, 0.3) is 0 Å². The van der Waals surface area contributed by atoms with Gasteiger partial charge in [0.15, 0.2) is 6.61 Å². The molecule has 2 aromatic rings. The van der Waals surface area contributed by atoms with Gasteiger partial charge in [-0.25, -0.2) is 4.68 Å². The largest absolute Gasteiger partial charge is 0.483 e. The molecule has 9 heteroatoms. The monoisotopic (exact) mass is 378 g/mol. The molecular weight excluding hydrogens is 352 g/mol. The van der Waals surface area contributed by atoms with Crippen molar-refractivity contribution in [3.8, 4) is 5.75 Å². The van der Waals surface area contributed by atoms with Crippen LogP contribution in [0.2, 0.25) is 0 Å². The first-order valence-corrected chi connectivity index (χ1v) is 9.41. The van der Waals surface area contributed by atoms with Crippen LogP contribution in [-0.4, -0.2) is 50.6 Å².